The first-order chi connectivity index (χ1) is 28.9. The lowest BCUT2D eigenvalue weighted by Crippen LogP contribution is -2.31. The van der Waals surface area contributed by atoms with Gasteiger partial charge >= 0.3 is 5.97 Å². The Kier molecular flexibility index (Phi) is 11.7. The highest BCUT2D eigenvalue weighted by molar-refractivity contribution is 6.02. The van der Waals surface area contributed by atoms with E-state index in [9.17, 15) is 4.79 Å². The van der Waals surface area contributed by atoms with Crippen LogP contribution in [0.5, 0.6) is 5.75 Å². The van der Waals surface area contributed by atoms with Crippen molar-refractivity contribution in [1.82, 2.24) is 0 Å². The SMILES string of the molecule is CCCc1ccc(OC(=O)c2ccc(/N=N/c3ccc(/N=N/c4ccc(N(C)Nc5cc6c(cc5C)N(CCC)CCC6)c5ccccc45)c4ccccc34)cc2)cc1. The second kappa shape index (κ2) is 17.7. The molecule has 1 aliphatic rings. The van der Waals surface area contributed by atoms with Crippen LogP contribution < -0.4 is 20.1 Å². The molecule has 0 aromatic heterocycles. The molecule has 9 nitrogen and oxygen atoms in total. The molecule has 59 heavy (non-hydrogen) atoms. The van der Waals surface area contributed by atoms with Gasteiger partial charge in [0, 0.05) is 47.4 Å². The monoisotopic (exact) mass is 779 g/mol. The number of azo groups is 2. The molecule has 0 saturated carbocycles. The van der Waals surface area contributed by atoms with E-state index in [2.05, 4.69) is 89.8 Å². The van der Waals surface area contributed by atoms with E-state index in [1.807, 2.05) is 72.8 Å². The van der Waals surface area contributed by atoms with Crippen molar-refractivity contribution in [3.8, 4) is 5.75 Å². The first-order valence-corrected chi connectivity index (χ1v) is 20.6. The lowest BCUT2D eigenvalue weighted by atomic mass is 9.98. The number of carbonyl (C=O) groups is 1. The number of anilines is 3. The number of nitrogens with one attached hydrogen (secondary N) is 1. The summed E-state index contributed by atoms with van der Waals surface area (Å²) < 4.78 is 5.58. The summed E-state index contributed by atoms with van der Waals surface area (Å²) in [4.78, 5) is 15.3. The Morgan fingerprint density at radius 2 is 1.32 bits per heavy atom. The van der Waals surface area contributed by atoms with Crippen LogP contribution in [-0.4, -0.2) is 26.1 Å². The number of aryl methyl sites for hydroxylation is 3. The van der Waals surface area contributed by atoms with E-state index in [0.717, 1.165) is 83.1 Å². The predicted octanol–water partition coefficient (Wildman–Crippen LogP) is 13.9. The number of hydrogen-bond donors (Lipinski definition) is 1. The van der Waals surface area contributed by atoms with Crippen LogP contribution in [0.3, 0.4) is 0 Å². The fourth-order valence-electron chi connectivity index (χ4n) is 7.83. The molecule has 1 aliphatic heterocycles. The third-order valence-corrected chi connectivity index (χ3v) is 10.9. The molecule has 7 aromatic carbocycles. The highest BCUT2D eigenvalue weighted by Crippen LogP contribution is 2.39. The number of nitrogens with zero attached hydrogens (tertiary/aromatic N) is 6. The first-order valence-electron chi connectivity index (χ1n) is 20.6. The summed E-state index contributed by atoms with van der Waals surface area (Å²) in [5.41, 5.74) is 14.3. The van der Waals surface area contributed by atoms with Crippen LogP contribution in [0.2, 0.25) is 0 Å². The van der Waals surface area contributed by atoms with Gasteiger partial charge in [-0.05, 0) is 122 Å². The average Bonchev–Trinajstić information content (AvgIpc) is 3.26. The molecular weight excluding hydrogens is 731 g/mol. The van der Waals surface area contributed by atoms with Crippen molar-refractivity contribution in [2.75, 3.05) is 35.5 Å². The van der Waals surface area contributed by atoms with Crippen molar-refractivity contribution in [1.29, 1.82) is 0 Å². The van der Waals surface area contributed by atoms with Crippen molar-refractivity contribution in [3.63, 3.8) is 0 Å². The van der Waals surface area contributed by atoms with Crippen molar-refractivity contribution in [2.45, 2.75) is 52.9 Å². The summed E-state index contributed by atoms with van der Waals surface area (Å²) in [5, 5.41) is 24.6. The molecule has 296 valence electrons. The third-order valence-electron chi connectivity index (χ3n) is 10.9. The van der Waals surface area contributed by atoms with Crippen LogP contribution in [0, 0.1) is 6.92 Å². The number of carbonyl (C=O) groups excluding carboxylic acids is 1. The van der Waals surface area contributed by atoms with Crippen molar-refractivity contribution >= 4 is 67.3 Å². The Morgan fingerprint density at radius 3 is 1.97 bits per heavy atom. The Balaban J connectivity index is 0.984. The molecule has 9 heteroatoms. The predicted molar refractivity (Wildman–Crippen MR) is 242 cm³/mol. The molecule has 0 saturated heterocycles. The van der Waals surface area contributed by atoms with Gasteiger partial charge in [-0.3, -0.25) is 10.4 Å². The zero-order valence-corrected chi connectivity index (χ0v) is 34.2. The Bertz CT molecular complexity index is 2670. The van der Waals surface area contributed by atoms with Gasteiger partial charge in [-0.1, -0.05) is 80.9 Å². The molecule has 0 fully saturated rings. The summed E-state index contributed by atoms with van der Waals surface area (Å²) in [6.45, 7) is 8.80. The lowest BCUT2D eigenvalue weighted by molar-refractivity contribution is 0.0734. The van der Waals surface area contributed by atoms with E-state index in [-0.39, 0.29) is 0 Å². The normalized spacial score (nSPS) is 12.7. The summed E-state index contributed by atoms with van der Waals surface area (Å²) in [6.07, 6.45) is 5.50. The number of hydrazine groups is 1. The number of fused-ring (bicyclic) bond motifs is 3. The van der Waals surface area contributed by atoms with Crippen LogP contribution in [0.25, 0.3) is 21.5 Å². The number of rotatable bonds is 13. The van der Waals surface area contributed by atoms with Gasteiger partial charge in [0.15, 0.2) is 0 Å². The topological polar surface area (TPSA) is 94.2 Å². The van der Waals surface area contributed by atoms with E-state index in [4.69, 9.17) is 15.0 Å². The molecule has 0 spiro atoms. The largest absolute Gasteiger partial charge is 0.423 e. The standard InChI is InChI=1S/C50H49N7O2/c1-5-12-35-18-24-39(25-19-35)59-50(58)36-20-22-38(23-21-36)51-52-44-26-27-45(41-15-8-7-14-40(41)44)53-54-46-28-29-48(43-17-10-9-16-42(43)46)56(4)55-47-33-37-13-11-31-57(30-6-2)49(37)32-34(47)3/h7-10,14-29,32-33,55H,5-6,11-13,30-31H2,1-4H3/b52-51+,54-53+. The quantitative estimate of drug-likeness (QED) is 0.0544. The van der Waals surface area contributed by atoms with Crippen LogP contribution >= 0.6 is 0 Å². The molecule has 1 N–H and O–H groups in total. The van der Waals surface area contributed by atoms with Crippen LogP contribution in [-0.2, 0) is 12.8 Å². The number of hydrogen-bond acceptors (Lipinski definition) is 9. The molecule has 8 rings (SSSR count). The zero-order valence-electron chi connectivity index (χ0n) is 34.2. The third kappa shape index (κ3) is 8.70. The Labute approximate surface area is 346 Å². The molecule has 0 amide bonds. The molecular formula is C50H49N7O2. The molecule has 0 atom stereocenters. The maximum atomic E-state index is 12.8. The minimum atomic E-state index is -0.421. The van der Waals surface area contributed by atoms with Gasteiger partial charge in [0.05, 0.1) is 39.7 Å². The van der Waals surface area contributed by atoms with Gasteiger partial charge in [-0.25, -0.2) is 4.79 Å². The highest BCUT2D eigenvalue weighted by Gasteiger charge is 2.19. The average molecular weight is 780 g/mol. The van der Waals surface area contributed by atoms with Crippen molar-refractivity contribution in [3.05, 3.63) is 156 Å². The van der Waals surface area contributed by atoms with Crippen LogP contribution in [0.15, 0.2) is 154 Å². The van der Waals surface area contributed by atoms with Gasteiger partial charge in [-0.15, -0.1) is 15.3 Å². The minimum Gasteiger partial charge on any atom is -0.423 e. The molecule has 7 aromatic rings. The Morgan fingerprint density at radius 1 is 0.712 bits per heavy atom. The maximum Gasteiger partial charge on any atom is 0.343 e. The second-order valence-electron chi connectivity index (χ2n) is 15.1. The summed E-state index contributed by atoms with van der Waals surface area (Å²) in [5.74, 6) is 0.0990. The van der Waals surface area contributed by atoms with Gasteiger partial charge < -0.3 is 9.64 Å². The Hall–Kier alpha value is -6.87. The van der Waals surface area contributed by atoms with E-state index < -0.39 is 5.97 Å². The van der Waals surface area contributed by atoms with E-state index in [1.165, 1.54) is 28.8 Å². The van der Waals surface area contributed by atoms with E-state index in [1.54, 1.807) is 24.3 Å². The molecule has 1 heterocycles. The molecule has 0 radical (unpaired) electrons. The van der Waals surface area contributed by atoms with E-state index in [0.29, 0.717) is 22.7 Å². The first kappa shape index (κ1) is 39.0. The van der Waals surface area contributed by atoms with Crippen molar-refractivity contribution in [2.24, 2.45) is 20.5 Å². The lowest BCUT2D eigenvalue weighted by Gasteiger charge is -2.33. The smallest absolute Gasteiger partial charge is 0.343 e. The molecule has 0 bridgehead atoms. The number of benzene rings is 7. The summed E-state index contributed by atoms with van der Waals surface area (Å²) >= 11 is 0. The summed E-state index contributed by atoms with van der Waals surface area (Å²) in [7, 11) is 2.07. The van der Waals surface area contributed by atoms with E-state index >= 15 is 0 Å². The molecule has 0 aliphatic carbocycles. The van der Waals surface area contributed by atoms with Gasteiger partial charge in [0.2, 0.25) is 0 Å². The van der Waals surface area contributed by atoms with Crippen molar-refractivity contribution < 1.29 is 9.53 Å². The second-order valence-corrected chi connectivity index (χ2v) is 15.1. The zero-order chi connectivity index (χ0) is 40.7. The molecule has 0 unspecified atom stereocenters. The van der Waals surface area contributed by atoms with Crippen LogP contribution in [0.1, 0.15) is 60.2 Å². The fraction of sp³-hybridized carbons (Fsp3) is 0.220. The van der Waals surface area contributed by atoms with Gasteiger partial charge in [-0.2, -0.15) is 5.11 Å². The summed E-state index contributed by atoms with van der Waals surface area (Å²) in [6, 6.07) is 43.5. The van der Waals surface area contributed by atoms with Gasteiger partial charge in [0.1, 0.15) is 5.75 Å². The fourth-order valence-corrected chi connectivity index (χ4v) is 7.83. The van der Waals surface area contributed by atoms with Crippen LogP contribution in [0.4, 0.5) is 39.8 Å². The minimum absolute atomic E-state index is 0.421. The van der Waals surface area contributed by atoms with Gasteiger partial charge in [0.25, 0.3) is 0 Å². The maximum absolute atomic E-state index is 12.8. The number of esters is 1. The highest BCUT2D eigenvalue weighted by atomic mass is 16.5. The number of ether oxygens (including phenoxy) is 1.